The van der Waals surface area contributed by atoms with E-state index in [-0.39, 0.29) is 12.1 Å². The van der Waals surface area contributed by atoms with Crippen LogP contribution in [0.2, 0.25) is 0 Å². The van der Waals surface area contributed by atoms with E-state index in [1.54, 1.807) is 14.2 Å². The van der Waals surface area contributed by atoms with Crippen molar-refractivity contribution in [2.24, 2.45) is 0 Å². The molecule has 0 radical (unpaired) electrons. The van der Waals surface area contributed by atoms with Crippen LogP contribution in [0.15, 0.2) is 34.8 Å². The summed E-state index contributed by atoms with van der Waals surface area (Å²) in [7, 11) is 3.29. The molecule has 2 aromatic rings. The summed E-state index contributed by atoms with van der Waals surface area (Å²) < 4.78 is 11.9. The topological polar surface area (TPSA) is 50.8 Å². The Labute approximate surface area is 168 Å². The van der Waals surface area contributed by atoms with E-state index in [1.807, 2.05) is 49.1 Å². The molecular weight excluding hydrogens is 408 g/mol. The summed E-state index contributed by atoms with van der Waals surface area (Å²) in [6, 6.07) is 9.62. The predicted octanol–water partition coefficient (Wildman–Crippen LogP) is 5.45. The van der Waals surface area contributed by atoms with Gasteiger partial charge in [-0.3, -0.25) is 0 Å². The van der Waals surface area contributed by atoms with Gasteiger partial charge in [0.05, 0.1) is 20.3 Å². The van der Waals surface area contributed by atoms with Gasteiger partial charge in [-0.25, -0.2) is 4.79 Å². The SMILES string of the molecule is COc1ccc(OC)c(C2CCCN2C(=O)Nc2c(C)cc(Br)cc2C)c1. The lowest BCUT2D eigenvalue weighted by Crippen LogP contribution is -2.35. The van der Waals surface area contributed by atoms with E-state index in [9.17, 15) is 4.79 Å². The van der Waals surface area contributed by atoms with E-state index >= 15 is 0 Å². The molecule has 3 rings (SSSR count). The number of amides is 2. The standard InChI is InChI=1S/C21H25BrN2O3/c1-13-10-15(22)11-14(2)20(13)23-21(25)24-9-5-6-18(24)17-12-16(26-3)7-8-19(17)27-4/h7-8,10-12,18H,5-6,9H2,1-4H3,(H,23,25). The third-order valence-corrected chi connectivity index (χ3v) is 5.50. The smallest absolute Gasteiger partial charge is 0.322 e. The average Bonchev–Trinajstić information content (AvgIpc) is 3.13. The Balaban J connectivity index is 1.88. The number of likely N-dealkylation sites (tertiary alicyclic amines) is 1. The number of hydrogen-bond donors (Lipinski definition) is 1. The van der Waals surface area contributed by atoms with Crippen molar-refractivity contribution in [2.45, 2.75) is 32.7 Å². The van der Waals surface area contributed by atoms with Gasteiger partial charge in [0.25, 0.3) is 0 Å². The highest BCUT2D eigenvalue weighted by Crippen LogP contribution is 2.39. The van der Waals surface area contributed by atoms with Gasteiger partial charge in [0, 0.05) is 22.3 Å². The van der Waals surface area contributed by atoms with Crippen molar-refractivity contribution >= 4 is 27.6 Å². The molecule has 1 fully saturated rings. The number of rotatable bonds is 4. The van der Waals surface area contributed by atoms with Crippen LogP contribution >= 0.6 is 15.9 Å². The highest BCUT2D eigenvalue weighted by Gasteiger charge is 2.32. The fourth-order valence-electron chi connectivity index (χ4n) is 3.72. The van der Waals surface area contributed by atoms with Gasteiger partial charge in [0.2, 0.25) is 0 Å². The van der Waals surface area contributed by atoms with Crippen LogP contribution in [0.4, 0.5) is 10.5 Å². The van der Waals surface area contributed by atoms with Gasteiger partial charge >= 0.3 is 6.03 Å². The molecule has 1 atom stereocenters. The maximum atomic E-state index is 13.1. The van der Waals surface area contributed by atoms with Gasteiger partial charge < -0.3 is 19.7 Å². The minimum Gasteiger partial charge on any atom is -0.497 e. The van der Waals surface area contributed by atoms with Gasteiger partial charge in [-0.15, -0.1) is 0 Å². The third kappa shape index (κ3) is 4.05. The highest BCUT2D eigenvalue weighted by atomic mass is 79.9. The number of nitrogens with one attached hydrogen (secondary N) is 1. The zero-order valence-electron chi connectivity index (χ0n) is 16.1. The minimum absolute atomic E-state index is 0.0360. The van der Waals surface area contributed by atoms with Crippen molar-refractivity contribution < 1.29 is 14.3 Å². The molecule has 1 unspecified atom stereocenters. The molecule has 1 N–H and O–H groups in total. The molecule has 2 amide bonds. The van der Waals surface area contributed by atoms with E-state index in [0.29, 0.717) is 6.54 Å². The van der Waals surface area contributed by atoms with Crippen molar-refractivity contribution in [1.29, 1.82) is 0 Å². The van der Waals surface area contributed by atoms with Gasteiger partial charge in [-0.1, -0.05) is 15.9 Å². The number of carbonyl (C=O) groups is 1. The number of benzene rings is 2. The molecule has 0 saturated carbocycles. The lowest BCUT2D eigenvalue weighted by Gasteiger charge is -2.27. The van der Waals surface area contributed by atoms with Crippen LogP contribution < -0.4 is 14.8 Å². The van der Waals surface area contributed by atoms with Crippen LogP contribution in [-0.2, 0) is 0 Å². The molecule has 27 heavy (non-hydrogen) atoms. The molecule has 1 saturated heterocycles. The molecule has 0 bridgehead atoms. The number of methoxy groups -OCH3 is 2. The third-order valence-electron chi connectivity index (χ3n) is 5.04. The first-order chi connectivity index (χ1) is 12.9. The maximum Gasteiger partial charge on any atom is 0.322 e. The first-order valence-electron chi connectivity index (χ1n) is 9.01. The van der Waals surface area contributed by atoms with Crippen LogP contribution in [0.25, 0.3) is 0 Å². The summed E-state index contributed by atoms with van der Waals surface area (Å²) in [6.45, 7) is 4.71. The van der Waals surface area contributed by atoms with E-state index in [2.05, 4.69) is 21.2 Å². The Hall–Kier alpha value is -2.21. The molecule has 5 nitrogen and oxygen atoms in total. The Kier molecular flexibility index (Phi) is 5.95. The molecule has 0 aromatic heterocycles. The van der Waals surface area contributed by atoms with Crippen LogP contribution in [0.1, 0.15) is 35.6 Å². The second-order valence-electron chi connectivity index (χ2n) is 6.80. The Morgan fingerprint density at radius 3 is 2.48 bits per heavy atom. The lowest BCUT2D eigenvalue weighted by atomic mass is 10.0. The quantitative estimate of drug-likeness (QED) is 0.698. The Morgan fingerprint density at radius 2 is 1.85 bits per heavy atom. The van der Waals surface area contributed by atoms with E-state index in [1.165, 1.54) is 0 Å². The average molecular weight is 433 g/mol. The molecular formula is C21H25BrN2O3. The molecule has 0 spiro atoms. The van der Waals surface area contributed by atoms with Crippen LogP contribution in [0, 0.1) is 13.8 Å². The summed E-state index contributed by atoms with van der Waals surface area (Å²) in [5.74, 6) is 1.54. The molecule has 0 aliphatic carbocycles. The van der Waals surface area contributed by atoms with Crippen LogP contribution in [-0.4, -0.2) is 31.7 Å². The number of carbonyl (C=O) groups excluding carboxylic acids is 1. The second-order valence-corrected chi connectivity index (χ2v) is 7.72. The van der Waals surface area contributed by atoms with Gasteiger partial charge in [-0.05, 0) is 68.1 Å². The summed E-state index contributed by atoms with van der Waals surface area (Å²) in [5.41, 5.74) is 3.91. The molecule has 1 aliphatic rings. The Bertz CT molecular complexity index is 830. The van der Waals surface area contributed by atoms with Crippen molar-refractivity contribution in [2.75, 3.05) is 26.1 Å². The zero-order chi connectivity index (χ0) is 19.6. The van der Waals surface area contributed by atoms with Crippen molar-refractivity contribution in [3.8, 4) is 11.5 Å². The molecule has 1 aliphatic heterocycles. The molecule has 144 valence electrons. The number of halogens is 1. The van der Waals surface area contributed by atoms with Crippen LogP contribution in [0.5, 0.6) is 11.5 Å². The minimum atomic E-state index is -0.0871. The Morgan fingerprint density at radius 1 is 1.15 bits per heavy atom. The fraction of sp³-hybridized carbons (Fsp3) is 0.381. The van der Waals surface area contributed by atoms with Crippen LogP contribution in [0.3, 0.4) is 0 Å². The van der Waals surface area contributed by atoms with Crippen molar-refractivity contribution in [3.05, 3.63) is 51.5 Å². The molecule has 6 heteroatoms. The number of urea groups is 1. The number of aryl methyl sites for hydroxylation is 2. The lowest BCUT2D eigenvalue weighted by molar-refractivity contribution is 0.206. The largest absolute Gasteiger partial charge is 0.497 e. The normalized spacial score (nSPS) is 16.3. The number of anilines is 1. The monoisotopic (exact) mass is 432 g/mol. The van der Waals surface area contributed by atoms with Gasteiger partial charge in [0.1, 0.15) is 11.5 Å². The first kappa shape index (κ1) is 19.5. The van der Waals surface area contributed by atoms with Crippen molar-refractivity contribution in [1.82, 2.24) is 4.90 Å². The summed E-state index contributed by atoms with van der Waals surface area (Å²) in [6.07, 6.45) is 1.85. The van der Waals surface area contributed by atoms with Gasteiger partial charge in [-0.2, -0.15) is 0 Å². The summed E-state index contributed by atoms with van der Waals surface area (Å²) >= 11 is 3.50. The number of ether oxygens (including phenoxy) is 2. The molecule has 2 aromatic carbocycles. The summed E-state index contributed by atoms with van der Waals surface area (Å²) in [5, 5.41) is 3.11. The fourth-order valence-corrected chi connectivity index (χ4v) is 4.41. The van der Waals surface area contributed by atoms with Gasteiger partial charge in [0.15, 0.2) is 0 Å². The van der Waals surface area contributed by atoms with E-state index in [4.69, 9.17) is 9.47 Å². The van der Waals surface area contributed by atoms with E-state index in [0.717, 1.165) is 51.2 Å². The first-order valence-corrected chi connectivity index (χ1v) is 9.80. The number of nitrogens with zero attached hydrogens (tertiary/aromatic N) is 1. The molecule has 1 heterocycles. The summed E-state index contributed by atoms with van der Waals surface area (Å²) in [4.78, 5) is 15.0. The highest BCUT2D eigenvalue weighted by molar-refractivity contribution is 9.10. The van der Waals surface area contributed by atoms with Crippen molar-refractivity contribution in [3.63, 3.8) is 0 Å². The zero-order valence-corrected chi connectivity index (χ0v) is 17.7. The maximum absolute atomic E-state index is 13.1. The predicted molar refractivity (Wildman–Crippen MR) is 111 cm³/mol. The number of hydrogen-bond acceptors (Lipinski definition) is 3. The van der Waals surface area contributed by atoms with E-state index < -0.39 is 0 Å². The second kappa shape index (κ2) is 8.21.